The lowest BCUT2D eigenvalue weighted by molar-refractivity contribution is 0.395. The number of benzene rings is 3. The summed E-state index contributed by atoms with van der Waals surface area (Å²) in [4.78, 5) is 4.56. The molecule has 3 aromatic carbocycles. The van der Waals surface area contributed by atoms with E-state index in [2.05, 4.69) is 53.5 Å². The normalized spacial score (nSPS) is 10.7. The van der Waals surface area contributed by atoms with Crippen LogP contribution in [0.5, 0.6) is 11.5 Å². The number of methoxy groups -OCH3 is 2. The molecule has 0 spiro atoms. The van der Waals surface area contributed by atoms with E-state index in [1.165, 1.54) is 16.3 Å². The molecule has 0 bridgehead atoms. The fourth-order valence-electron chi connectivity index (χ4n) is 3.23. The van der Waals surface area contributed by atoms with E-state index < -0.39 is 0 Å². The van der Waals surface area contributed by atoms with Crippen LogP contribution in [0.25, 0.3) is 33.2 Å². The number of fused-ring (bicyclic) bond motifs is 1. The number of hydrogen-bond donors (Lipinski definition) is 0. The maximum absolute atomic E-state index is 5.54. The Hall–Kier alpha value is -3.33. The first kappa shape index (κ1) is 16.2. The number of hydrogen-bond acceptors (Lipinski definition) is 3. The van der Waals surface area contributed by atoms with Crippen molar-refractivity contribution in [1.29, 1.82) is 0 Å². The van der Waals surface area contributed by atoms with Crippen LogP contribution >= 0.6 is 0 Å². The Morgan fingerprint density at radius 3 is 2.42 bits per heavy atom. The summed E-state index contributed by atoms with van der Waals surface area (Å²) in [7, 11) is 3.31. The fourth-order valence-corrected chi connectivity index (χ4v) is 3.23. The first-order valence-corrected chi connectivity index (χ1v) is 8.47. The largest absolute Gasteiger partial charge is 0.497 e. The predicted octanol–water partition coefficient (Wildman–Crippen LogP) is 5.59. The SMILES string of the molecule is COc1ccc(-c2cc(-c3cccc4ccccc34)ccn2)c(OC)c1. The molecule has 3 heteroatoms. The average Bonchev–Trinajstić information content (AvgIpc) is 2.73. The third-order valence-corrected chi connectivity index (χ3v) is 4.55. The molecule has 0 atom stereocenters. The van der Waals surface area contributed by atoms with Crippen LogP contribution in [0.3, 0.4) is 0 Å². The van der Waals surface area contributed by atoms with Gasteiger partial charge < -0.3 is 9.47 Å². The van der Waals surface area contributed by atoms with E-state index in [1.807, 2.05) is 30.5 Å². The summed E-state index contributed by atoms with van der Waals surface area (Å²) >= 11 is 0. The quantitative estimate of drug-likeness (QED) is 0.485. The summed E-state index contributed by atoms with van der Waals surface area (Å²) in [6.07, 6.45) is 1.84. The van der Waals surface area contributed by atoms with Gasteiger partial charge in [0.25, 0.3) is 0 Å². The summed E-state index contributed by atoms with van der Waals surface area (Å²) in [6, 6.07) is 24.7. The minimum atomic E-state index is 0.743. The fraction of sp³-hybridized carbons (Fsp3) is 0.0870. The summed E-state index contributed by atoms with van der Waals surface area (Å²) in [5.41, 5.74) is 4.13. The Morgan fingerprint density at radius 2 is 1.58 bits per heavy atom. The Balaban J connectivity index is 1.85. The molecule has 0 saturated carbocycles. The molecule has 0 unspecified atom stereocenters. The topological polar surface area (TPSA) is 31.4 Å². The van der Waals surface area contributed by atoms with Crippen LogP contribution in [0.2, 0.25) is 0 Å². The summed E-state index contributed by atoms with van der Waals surface area (Å²) in [5.74, 6) is 1.50. The predicted molar refractivity (Wildman–Crippen MR) is 106 cm³/mol. The van der Waals surface area contributed by atoms with E-state index in [9.17, 15) is 0 Å². The minimum absolute atomic E-state index is 0.743. The lowest BCUT2D eigenvalue weighted by atomic mass is 9.97. The van der Waals surface area contributed by atoms with Crippen LogP contribution < -0.4 is 9.47 Å². The Kier molecular flexibility index (Phi) is 4.28. The van der Waals surface area contributed by atoms with Gasteiger partial charge in [0.2, 0.25) is 0 Å². The van der Waals surface area contributed by atoms with Gasteiger partial charge in [-0.15, -0.1) is 0 Å². The van der Waals surface area contributed by atoms with E-state index in [0.29, 0.717) is 0 Å². The molecule has 0 fully saturated rings. The van der Waals surface area contributed by atoms with Crippen molar-refractivity contribution in [3.8, 4) is 33.9 Å². The third kappa shape index (κ3) is 2.88. The molecule has 0 aliphatic carbocycles. The number of pyridine rings is 1. The molecule has 1 heterocycles. The molecule has 0 radical (unpaired) electrons. The molecule has 0 aliphatic rings. The lowest BCUT2D eigenvalue weighted by Gasteiger charge is -2.12. The smallest absolute Gasteiger partial charge is 0.131 e. The lowest BCUT2D eigenvalue weighted by Crippen LogP contribution is -1.92. The molecule has 26 heavy (non-hydrogen) atoms. The molecule has 128 valence electrons. The molecular weight excluding hydrogens is 322 g/mol. The average molecular weight is 341 g/mol. The van der Waals surface area contributed by atoms with Crippen molar-refractivity contribution in [3.63, 3.8) is 0 Å². The van der Waals surface area contributed by atoms with E-state index in [-0.39, 0.29) is 0 Å². The van der Waals surface area contributed by atoms with Crippen molar-refractivity contribution in [1.82, 2.24) is 4.98 Å². The number of nitrogens with zero attached hydrogens (tertiary/aromatic N) is 1. The Morgan fingerprint density at radius 1 is 0.731 bits per heavy atom. The van der Waals surface area contributed by atoms with Crippen molar-refractivity contribution in [2.24, 2.45) is 0 Å². The second-order valence-corrected chi connectivity index (χ2v) is 6.02. The van der Waals surface area contributed by atoms with Gasteiger partial charge in [0.05, 0.1) is 19.9 Å². The van der Waals surface area contributed by atoms with Gasteiger partial charge in [0.15, 0.2) is 0 Å². The monoisotopic (exact) mass is 341 g/mol. The van der Waals surface area contributed by atoms with Gasteiger partial charge in [-0.2, -0.15) is 0 Å². The van der Waals surface area contributed by atoms with Gasteiger partial charge in [0.1, 0.15) is 11.5 Å². The van der Waals surface area contributed by atoms with Crippen LogP contribution in [0.4, 0.5) is 0 Å². The number of aromatic nitrogens is 1. The Labute approximate surface area is 152 Å². The van der Waals surface area contributed by atoms with Crippen molar-refractivity contribution in [2.45, 2.75) is 0 Å². The molecule has 0 aliphatic heterocycles. The highest BCUT2D eigenvalue weighted by Gasteiger charge is 2.11. The maximum atomic E-state index is 5.54. The standard InChI is InChI=1S/C23H19NO2/c1-25-18-10-11-21(23(15-18)26-2)22-14-17(12-13-24-22)20-9-5-7-16-6-3-4-8-19(16)20/h3-15H,1-2H3. The zero-order chi connectivity index (χ0) is 17.9. The minimum Gasteiger partial charge on any atom is -0.497 e. The molecule has 3 nitrogen and oxygen atoms in total. The van der Waals surface area contributed by atoms with Crippen LogP contribution in [0, 0.1) is 0 Å². The second kappa shape index (κ2) is 6.89. The van der Waals surface area contributed by atoms with Crippen LogP contribution in [0.1, 0.15) is 0 Å². The maximum Gasteiger partial charge on any atom is 0.131 e. The van der Waals surface area contributed by atoms with E-state index >= 15 is 0 Å². The molecule has 4 aromatic rings. The van der Waals surface area contributed by atoms with Gasteiger partial charge in [0, 0.05) is 17.8 Å². The summed E-state index contributed by atoms with van der Waals surface area (Å²) in [6.45, 7) is 0. The zero-order valence-electron chi connectivity index (χ0n) is 14.8. The molecule has 0 N–H and O–H groups in total. The number of rotatable bonds is 4. The zero-order valence-corrected chi connectivity index (χ0v) is 14.8. The van der Waals surface area contributed by atoms with Gasteiger partial charge in [-0.1, -0.05) is 42.5 Å². The van der Waals surface area contributed by atoms with Gasteiger partial charge >= 0.3 is 0 Å². The molecule has 0 amide bonds. The molecule has 1 aromatic heterocycles. The molecular formula is C23H19NO2. The Bertz CT molecular complexity index is 1070. The van der Waals surface area contributed by atoms with E-state index in [1.54, 1.807) is 14.2 Å². The highest BCUT2D eigenvalue weighted by atomic mass is 16.5. The first-order chi connectivity index (χ1) is 12.8. The van der Waals surface area contributed by atoms with E-state index in [4.69, 9.17) is 9.47 Å². The summed E-state index contributed by atoms with van der Waals surface area (Å²) in [5, 5.41) is 2.46. The van der Waals surface area contributed by atoms with Crippen LogP contribution in [-0.4, -0.2) is 19.2 Å². The van der Waals surface area contributed by atoms with Crippen molar-refractivity contribution in [2.75, 3.05) is 14.2 Å². The second-order valence-electron chi connectivity index (χ2n) is 6.02. The van der Waals surface area contributed by atoms with E-state index in [0.717, 1.165) is 28.3 Å². The van der Waals surface area contributed by atoms with Gasteiger partial charge in [-0.05, 0) is 46.2 Å². The summed E-state index contributed by atoms with van der Waals surface area (Å²) < 4.78 is 10.8. The number of ether oxygens (including phenoxy) is 2. The van der Waals surface area contributed by atoms with Crippen molar-refractivity contribution < 1.29 is 9.47 Å². The molecule has 0 saturated heterocycles. The van der Waals surface area contributed by atoms with Gasteiger partial charge in [-0.25, -0.2) is 0 Å². The van der Waals surface area contributed by atoms with Crippen LogP contribution in [-0.2, 0) is 0 Å². The highest BCUT2D eigenvalue weighted by Crippen LogP contribution is 2.35. The van der Waals surface area contributed by atoms with Gasteiger partial charge in [-0.3, -0.25) is 4.98 Å². The van der Waals surface area contributed by atoms with Crippen molar-refractivity contribution in [3.05, 3.63) is 79.0 Å². The molecule has 4 rings (SSSR count). The first-order valence-electron chi connectivity index (χ1n) is 8.47. The van der Waals surface area contributed by atoms with Crippen molar-refractivity contribution >= 4 is 10.8 Å². The third-order valence-electron chi connectivity index (χ3n) is 4.55. The van der Waals surface area contributed by atoms with Crippen LogP contribution in [0.15, 0.2) is 79.0 Å². The highest BCUT2D eigenvalue weighted by molar-refractivity contribution is 5.97.